The van der Waals surface area contributed by atoms with Gasteiger partial charge in [0.1, 0.15) is 10.6 Å². The van der Waals surface area contributed by atoms with Gasteiger partial charge in [-0.3, -0.25) is 9.48 Å². The second kappa shape index (κ2) is 8.33. The van der Waals surface area contributed by atoms with Crippen LogP contribution in [0.1, 0.15) is 35.6 Å². The number of aryl methyl sites for hydroxylation is 2. The zero-order valence-electron chi connectivity index (χ0n) is 15.4. The number of carbonyl (C=O) groups excluding carboxylic acids is 1. The number of rotatable bonds is 8. The molecule has 0 saturated carbocycles. The second-order valence-electron chi connectivity index (χ2n) is 5.59. The Balaban J connectivity index is 2.35. The molecule has 9 heteroatoms. The number of carbonyl (C=O) groups is 1. The molecule has 1 heterocycles. The number of sulfonamides is 1. The lowest BCUT2D eigenvalue weighted by atomic mass is 10.2. The summed E-state index contributed by atoms with van der Waals surface area (Å²) in [5.74, 6) is -0.169. The number of nitrogens with zero attached hydrogens (tertiary/aromatic N) is 2. The lowest BCUT2D eigenvalue weighted by Gasteiger charge is -2.13. The van der Waals surface area contributed by atoms with E-state index in [1.165, 1.54) is 25.2 Å². The zero-order chi connectivity index (χ0) is 19.3. The number of ether oxygens (including phenoxy) is 1. The number of benzene rings is 1. The van der Waals surface area contributed by atoms with Gasteiger partial charge in [0.2, 0.25) is 10.0 Å². The van der Waals surface area contributed by atoms with Crippen LogP contribution < -0.4 is 14.8 Å². The van der Waals surface area contributed by atoms with Crippen LogP contribution in [0.2, 0.25) is 0 Å². The van der Waals surface area contributed by atoms with Gasteiger partial charge in [0, 0.05) is 19.2 Å². The van der Waals surface area contributed by atoms with E-state index in [2.05, 4.69) is 15.1 Å². The lowest BCUT2D eigenvalue weighted by Crippen LogP contribution is -2.26. The van der Waals surface area contributed by atoms with Crippen molar-refractivity contribution < 1.29 is 17.9 Å². The van der Waals surface area contributed by atoms with Crippen LogP contribution in [-0.4, -0.2) is 37.8 Å². The fourth-order valence-electron chi connectivity index (χ4n) is 2.54. The van der Waals surface area contributed by atoms with Crippen LogP contribution in [0.15, 0.2) is 29.2 Å². The van der Waals surface area contributed by atoms with Crippen molar-refractivity contribution in [1.29, 1.82) is 0 Å². The summed E-state index contributed by atoms with van der Waals surface area (Å²) in [6.45, 7) is 6.59. The number of aromatic nitrogens is 2. The highest BCUT2D eigenvalue weighted by molar-refractivity contribution is 7.89. The molecule has 1 amide bonds. The molecule has 0 radical (unpaired) electrons. The SMILES string of the molecule is CCOc1ccc(C(=O)NC)cc1S(=O)(=O)NCc1cc(C)nn1CC. The predicted octanol–water partition coefficient (Wildman–Crippen LogP) is 1.45. The zero-order valence-corrected chi connectivity index (χ0v) is 16.2. The lowest BCUT2D eigenvalue weighted by molar-refractivity contribution is 0.0963. The van der Waals surface area contributed by atoms with Gasteiger partial charge in [-0.25, -0.2) is 13.1 Å². The first-order valence-corrected chi connectivity index (χ1v) is 9.82. The number of hydrogen-bond acceptors (Lipinski definition) is 5. The highest BCUT2D eigenvalue weighted by atomic mass is 32.2. The van der Waals surface area contributed by atoms with E-state index in [0.29, 0.717) is 13.2 Å². The van der Waals surface area contributed by atoms with E-state index < -0.39 is 10.0 Å². The second-order valence-corrected chi connectivity index (χ2v) is 7.33. The van der Waals surface area contributed by atoms with Gasteiger partial charge >= 0.3 is 0 Å². The summed E-state index contributed by atoms with van der Waals surface area (Å²) >= 11 is 0. The molecule has 1 aromatic carbocycles. The molecule has 2 N–H and O–H groups in total. The molecule has 0 fully saturated rings. The standard InChI is InChI=1S/C17H24N4O4S/c1-5-21-14(9-12(3)20-21)11-19-26(23,24)16-10-13(17(22)18-4)7-8-15(16)25-6-2/h7-10,19H,5-6,11H2,1-4H3,(H,18,22). The van der Waals surface area contributed by atoms with E-state index >= 15 is 0 Å². The molecule has 26 heavy (non-hydrogen) atoms. The molecule has 0 aliphatic rings. The van der Waals surface area contributed by atoms with Gasteiger partial charge in [-0.15, -0.1) is 0 Å². The molecular weight excluding hydrogens is 356 g/mol. The largest absolute Gasteiger partial charge is 0.492 e. The molecule has 0 spiro atoms. The number of nitrogens with one attached hydrogen (secondary N) is 2. The Labute approximate surface area is 153 Å². The van der Waals surface area contributed by atoms with E-state index in [9.17, 15) is 13.2 Å². The quantitative estimate of drug-likeness (QED) is 0.722. The van der Waals surface area contributed by atoms with Crippen molar-refractivity contribution in [2.45, 2.75) is 38.8 Å². The summed E-state index contributed by atoms with van der Waals surface area (Å²) in [6, 6.07) is 6.16. The molecule has 2 rings (SSSR count). The summed E-state index contributed by atoms with van der Waals surface area (Å²) in [6.07, 6.45) is 0. The Kier molecular flexibility index (Phi) is 6.38. The minimum atomic E-state index is -3.89. The summed E-state index contributed by atoms with van der Waals surface area (Å²) < 4.78 is 35.4. The van der Waals surface area contributed by atoms with E-state index in [1.54, 1.807) is 11.6 Å². The van der Waals surface area contributed by atoms with Gasteiger partial charge in [0.25, 0.3) is 5.91 Å². The van der Waals surface area contributed by atoms with Gasteiger partial charge in [-0.1, -0.05) is 0 Å². The third-order valence-electron chi connectivity index (χ3n) is 3.75. The average molecular weight is 380 g/mol. The molecule has 0 unspecified atom stereocenters. The molecule has 1 aromatic heterocycles. The highest BCUT2D eigenvalue weighted by Crippen LogP contribution is 2.25. The van der Waals surface area contributed by atoms with Crippen molar-refractivity contribution in [2.75, 3.05) is 13.7 Å². The Hall–Kier alpha value is -2.39. The minimum absolute atomic E-state index is 0.0697. The molecule has 0 aliphatic carbocycles. The van der Waals surface area contributed by atoms with Crippen LogP contribution in [0.3, 0.4) is 0 Å². The van der Waals surface area contributed by atoms with Crippen molar-refractivity contribution in [2.24, 2.45) is 0 Å². The van der Waals surface area contributed by atoms with E-state index in [0.717, 1.165) is 11.4 Å². The molecule has 0 atom stereocenters. The normalized spacial score (nSPS) is 11.4. The van der Waals surface area contributed by atoms with Crippen molar-refractivity contribution in [1.82, 2.24) is 19.8 Å². The van der Waals surface area contributed by atoms with E-state index in [-0.39, 0.29) is 28.7 Å². The minimum Gasteiger partial charge on any atom is -0.492 e. The monoisotopic (exact) mass is 380 g/mol. The van der Waals surface area contributed by atoms with Crippen molar-refractivity contribution >= 4 is 15.9 Å². The van der Waals surface area contributed by atoms with E-state index in [4.69, 9.17) is 4.74 Å². The van der Waals surface area contributed by atoms with Crippen LogP contribution in [0.4, 0.5) is 0 Å². The summed E-state index contributed by atoms with van der Waals surface area (Å²) in [5.41, 5.74) is 1.82. The predicted molar refractivity (Wildman–Crippen MR) is 97.7 cm³/mol. The first-order chi connectivity index (χ1) is 12.3. The number of amides is 1. The molecule has 0 bridgehead atoms. The smallest absolute Gasteiger partial charge is 0.251 e. The Morgan fingerprint density at radius 3 is 2.62 bits per heavy atom. The third kappa shape index (κ3) is 4.41. The Morgan fingerprint density at radius 2 is 2.00 bits per heavy atom. The van der Waals surface area contributed by atoms with Crippen LogP contribution in [-0.2, 0) is 23.1 Å². The summed E-state index contributed by atoms with van der Waals surface area (Å²) in [7, 11) is -2.40. The molecule has 2 aromatic rings. The van der Waals surface area contributed by atoms with Gasteiger partial charge in [-0.2, -0.15) is 5.10 Å². The molecule has 8 nitrogen and oxygen atoms in total. The van der Waals surface area contributed by atoms with Gasteiger partial charge in [0.05, 0.1) is 24.5 Å². The van der Waals surface area contributed by atoms with Crippen molar-refractivity contribution in [3.63, 3.8) is 0 Å². The first kappa shape index (κ1) is 19.9. The molecular formula is C17H24N4O4S. The Morgan fingerprint density at radius 1 is 1.27 bits per heavy atom. The Bertz CT molecular complexity index is 890. The van der Waals surface area contributed by atoms with Crippen LogP contribution >= 0.6 is 0 Å². The highest BCUT2D eigenvalue weighted by Gasteiger charge is 2.22. The molecule has 0 saturated heterocycles. The van der Waals surface area contributed by atoms with Crippen LogP contribution in [0.5, 0.6) is 5.75 Å². The van der Waals surface area contributed by atoms with Gasteiger partial charge in [0.15, 0.2) is 0 Å². The van der Waals surface area contributed by atoms with E-state index in [1.807, 2.05) is 19.9 Å². The van der Waals surface area contributed by atoms with Gasteiger partial charge < -0.3 is 10.1 Å². The third-order valence-corrected chi connectivity index (χ3v) is 5.17. The topological polar surface area (TPSA) is 102 Å². The first-order valence-electron chi connectivity index (χ1n) is 8.34. The number of hydrogen-bond donors (Lipinski definition) is 2. The maximum atomic E-state index is 12.8. The molecule has 142 valence electrons. The van der Waals surface area contributed by atoms with Crippen molar-refractivity contribution in [3.8, 4) is 5.75 Å². The molecule has 0 aliphatic heterocycles. The average Bonchev–Trinajstić information content (AvgIpc) is 2.99. The fraction of sp³-hybridized carbons (Fsp3) is 0.412. The van der Waals surface area contributed by atoms with Crippen LogP contribution in [0, 0.1) is 6.92 Å². The summed E-state index contributed by atoms with van der Waals surface area (Å²) in [5, 5.41) is 6.78. The van der Waals surface area contributed by atoms with Crippen LogP contribution in [0.25, 0.3) is 0 Å². The van der Waals surface area contributed by atoms with Crippen molar-refractivity contribution in [3.05, 3.63) is 41.2 Å². The van der Waals surface area contributed by atoms with Gasteiger partial charge in [-0.05, 0) is 45.0 Å². The fourth-order valence-corrected chi connectivity index (χ4v) is 3.71. The maximum Gasteiger partial charge on any atom is 0.251 e. The summed E-state index contributed by atoms with van der Waals surface area (Å²) in [4.78, 5) is 11.8. The maximum absolute atomic E-state index is 12.8.